The van der Waals surface area contributed by atoms with Gasteiger partial charge in [0.1, 0.15) is 0 Å². The summed E-state index contributed by atoms with van der Waals surface area (Å²) in [4.78, 5) is 15.8. The van der Waals surface area contributed by atoms with Crippen molar-refractivity contribution in [2.75, 3.05) is 0 Å². The highest BCUT2D eigenvalue weighted by molar-refractivity contribution is 5.91. The molecule has 1 heterocycles. The van der Waals surface area contributed by atoms with E-state index >= 15 is 0 Å². The van der Waals surface area contributed by atoms with Gasteiger partial charge in [0.15, 0.2) is 0 Å². The monoisotopic (exact) mass is 237 g/mol. The molecule has 5 nitrogen and oxygen atoms in total. The molecule has 0 saturated heterocycles. The van der Waals surface area contributed by atoms with Crippen LogP contribution in [-0.2, 0) is 6.54 Å². The van der Waals surface area contributed by atoms with Crippen LogP contribution in [0.4, 0.5) is 0 Å². The summed E-state index contributed by atoms with van der Waals surface area (Å²) in [5, 5.41) is 3.00. The van der Waals surface area contributed by atoms with Crippen molar-refractivity contribution in [2.24, 2.45) is 5.73 Å². The van der Waals surface area contributed by atoms with Gasteiger partial charge in [0, 0.05) is 6.04 Å². The largest absolute Gasteiger partial charge is 0.434 e. The quantitative estimate of drug-likeness (QED) is 0.782. The van der Waals surface area contributed by atoms with Gasteiger partial charge in [-0.2, -0.15) is 0 Å². The maximum absolute atomic E-state index is 11.9. The van der Waals surface area contributed by atoms with Gasteiger partial charge in [-0.25, -0.2) is 4.98 Å². The van der Waals surface area contributed by atoms with E-state index in [2.05, 4.69) is 10.3 Å². The summed E-state index contributed by atoms with van der Waals surface area (Å²) in [6, 6.07) is 0.274. The minimum absolute atomic E-state index is 0.177. The summed E-state index contributed by atoms with van der Waals surface area (Å²) in [5.41, 5.74) is 5.38. The average Bonchev–Trinajstić information content (AvgIpc) is 2.68. The van der Waals surface area contributed by atoms with Crippen LogP contribution < -0.4 is 11.1 Å². The van der Waals surface area contributed by atoms with Gasteiger partial charge in [-0.05, 0) is 12.8 Å². The van der Waals surface area contributed by atoms with Gasteiger partial charge in [0.05, 0.1) is 12.7 Å². The third-order valence-electron chi connectivity index (χ3n) is 3.14. The summed E-state index contributed by atoms with van der Waals surface area (Å²) in [5.74, 6) is 0.481. The molecule has 0 radical (unpaired) electrons. The Morgan fingerprint density at radius 1 is 1.41 bits per heavy atom. The number of nitrogens with one attached hydrogen (secondary N) is 1. The predicted molar refractivity (Wildman–Crippen MR) is 63.4 cm³/mol. The smallest absolute Gasteiger partial charge is 0.288 e. The molecule has 1 aliphatic rings. The summed E-state index contributed by atoms with van der Waals surface area (Å²) >= 11 is 0. The number of aromatic nitrogens is 1. The molecule has 0 aromatic carbocycles. The third-order valence-corrected chi connectivity index (χ3v) is 3.14. The Bertz CT molecular complexity index is 368. The minimum Gasteiger partial charge on any atom is -0.434 e. The summed E-state index contributed by atoms with van der Waals surface area (Å²) in [6.45, 7) is 0.219. The number of hydrogen-bond acceptors (Lipinski definition) is 4. The molecule has 0 atom stereocenters. The Hall–Kier alpha value is -1.36. The molecule has 1 aliphatic carbocycles. The van der Waals surface area contributed by atoms with Crippen LogP contribution in [0.25, 0.3) is 0 Å². The van der Waals surface area contributed by atoms with Crippen LogP contribution >= 0.6 is 0 Å². The lowest BCUT2D eigenvalue weighted by atomic mass is 10.1. The van der Waals surface area contributed by atoms with Crippen LogP contribution in [0.2, 0.25) is 0 Å². The highest BCUT2D eigenvalue weighted by Crippen LogP contribution is 2.17. The van der Waals surface area contributed by atoms with Gasteiger partial charge in [-0.3, -0.25) is 4.79 Å². The number of nitrogens with two attached hydrogens (primary N) is 1. The number of nitrogens with zero attached hydrogens (tertiary/aromatic N) is 1. The molecule has 0 bridgehead atoms. The number of amides is 1. The zero-order valence-corrected chi connectivity index (χ0v) is 9.95. The van der Waals surface area contributed by atoms with E-state index in [4.69, 9.17) is 10.2 Å². The molecule has 0 spiro atoms. The normalized spacial score (nSPS) is 17.7. The molecule has 1 aromatic heterocycles. The minimum atomic E-state index is -0.177. The summed E-state index contributed by atoms with van der Waals surface area (Å²) in [7, 11) is 0. The van der Waals surface area contributed by atoms with Crippen molar-refractivity contribution in [2.45, 2.75) is 51.1 Å². The molecular formula is C12H19N3O2. The first-order chi connectivity index (χ1) is 8.29. The molecule has 1 fully saturated rings. The van der Waals surface area contributed by atoms with Crippen LogP contribution in [0.3, 0.4) is 0 Å². The Morgan fingerprint density at radius 2 is 2.12 bits per heavy atom. The molecule has 1 amide bonds. The van der Waals surface area contributed by atoms with Gasteiger partial charge in [-0.15, -0.1) is 0 Å². The Kier molecular flexibility index (Phi) is 4.14. The van der Waals surface area contributed by atoms with Crippen molar-refractivity contribution in [1.29, 1.82) is 0 Å². The Balaban J connectivity index is 1.91. The number of hydrogen-bond donors (Lipinski definition) is 2. The number of carbonyl (C=O) groups excluding carboxylic acids is 1. The van der Waals surface area contributed by atoms with Gasteiger partial charge >= 0.3 is 0 Å². The lowest BCUT2D eigenvalue weighted by Crippen LogP contribution is -2.34. The molecule has 0 unspecified atom stereocenters. The van der Waals surface area contributed by atoms with Gasteiger partial charge in [0.2, 0.25) is 11.7 Å². The van der Waals surface area contributed by atoms with Gasteiger partial charge in [-0.1, -0.05) is 25.7 Å². The molecular weight excluding hydrogens is 218 g/mol. The molecule has 17 heavy (non-hydrogen) atoms. The van der Waals surface area contributed by atoms with Crippen LogP contribution in [0.1, 0.15) is 55.0 Å². The van der Waals surface area contributed by atoms with E-state index in [1.165, 1.54) is 31.9 Å². The fraction of sp³-hybridized carbons (Fsp3) is 0.667. The molecule has 3 N–H and O–H groups in total. The average molecular weight is 237 g/mol. The molecule has 5 heteroatoms. The summed E-state index contributed by atoms with van der Waals surface area (Å²) in [6.07, 6.45) is 8.48. The molecule has 94 valence electrons. The van der Waals surface area contributed by atoms with Crippen LogP contribution in [0.15, 0.2) is 10.6 Å². The van der Waals surface area contributed by atoms with Crippen molar-refractivity contribution in [3.8, 4) is 0 Å². The Morgan fingerprint density at radius 3 is 2.71 bits per heavy atom. The fourth-order valence-corrected chi connectivity index (χ4v) is 2.19. The third kappa shape index (κ3) is 3.30. The standard InChI is InChI=1S/C12H19N3O2/c13-7-11-14-8-10(17-11)12(16)15-9-5-3-1-2-4-6-9/h8-9H,1-7,13H2,(H,15,16). The van der Waals surface area contributed by atoms with Crippen molar-refractivity contribution >= 4 is 5.91 Å². The second kappa shape index (κ2) is 5.82. The Labute approximate surface area is 101 Å². The number of carbonyl (C=O) groups is 1. The van der Waals surface area contributed by atoms with Gasteiger partial charge < -0.3 is 15.5 Å². The second-order valence-electron chi connectivity index (χ2n) is 4.48. The highest BCUT2D eigenvalue weighted by atomic mass is 16.4. The van der Waals surface area contributed by atoms with Crippen molar-refractivity contribution in [1.82, 2.24) is 10.3 Å². The first-order valence-corrected chi connectivity index (χ1v) is 6.25. The predicted octanol–water partition coefficient (Wildman–Crippen LogP) is 1.59. The van der Waals surface area contributed by atoms with Crippen molar-refractivity contribution in [3.63, 3.8) is 0 Å². The first-order valence-electron chi connectivity index (χ1n) is 6.25. The molecule has 1 saturated carbocycles. The SMILES string of the molecule is NCc1ncc(C(=O)NC2CCCCCC2)o1. The van der Waals surface area contributed by atoms with Crippen LogP contribution in [0, 0.1) is 0 Å². The van der Waals surface area contributed by atoms with E-state index in [9.17, 15) is 4.79 Å². The first kappa shape index (κ1) is 12.1. The van der Waals surface area contributed by atoms with Crippen molar-refractivity contribution in [3.05, 3.63) is 17.8 Å². The number of rotatable bonds is 3. The maximum Gasteiger partial charge on any atom is 0.288 e. The van der Waals surface area contributed by atoms with E-state index in [1.54, 1.807) is 0 Å². The van der Waals surface area contributed by atoms with Crippen LogP contribution in [0.5, 0.6) is 0 Å². The van der Waals surface area contributed by atoms with E-state index in [-0.39, 0.29) is 24.3 Å². The molecule has 1 aromatic rings. The number of oxazole rings is 1. The molecule has 0 aliphatic heterocycles. The van der Waals surface area contributed by atoms with E-state index < -0.39 is 0 Å². The zero-order valence-electron chi connectivity index (χ0n) is 9.95. The van der Waals surface area contributed by atoms with Crippen LogP contribution in [-0.4, -0.2) is 16.9 Å². The lowest BCUT2D eigenvalue weighted by Gasteiger charge is -2.14. The van der Waals surface area contributed by atoms with E-state index in [0.29, 0.717) is 5.89 Å². The second-order valence-corrected chi connectivity index (χ2v) is 4.48. The van der Waals surface area contributed by atoms with E-state index in [0.717, 1.165) is 12.8 Å². The maximum atomic E-state index is 11.9. The van der Waals surface area contributed by atoms with E-state index in [1.807, 2.05) is 0 Å². The lowest BCUT2D eigenvalue weighted by molar-refractivity contribution is 0.0903. The van der Waals surface area contributed by atoms with Gasteiger partial charge in [0.25, 0.3) is 5.91 Å². The fourth-order valence-electron chi connectivity index (χ4n) is 2.19. The zero-order chi connectivity index (χ0) is 12.1. The topological polar surface area (TPSA) is 81.1 Å². The van der Waals surface area contributed by atoms with Crippen molar-refractivity contribution < 1.29 is 9.21 Å². The summed E-state index contributed by atoms with van der Waals surface area (Å²) < 4.78 is 5.22. The highest BCUT2D eigenvalue weighted by Gasteiger charge is 2.18. The molecule has 2 rings (SSSR count).